The van der Waals surface area contributed by atoms with Gasteiger partial charge in [0.2, 0.25) is 11.6 Å². The van der Waals surface area contributed by atoms with Gasteiger partial charge in [-0.1, -0.05) is 0 Å². The van der Waals surface area contributed by atoms with E-state index < -0.39 is 40.0 Å². The molecule has 0 unspecified atom stereocenters. The van der Waals surface area contributed by atoms with Gasteiger partial charge in [-0.15, -0.1) is 0 Å². The molecule has 17 heavy (non-hydrogen) atoms. The van der Waals surface area contributed by atoms with Crippen LogP contribution in [-0.4, -0.2) is 33.8 Å². The van der Waals surface area contributed by atoms with Crippen molar-refractivity contribution in [1.29, 1.82) is 0 Å². The zero-order valence-corrected chi connectivity index (χ0v) is 9.37. The molecule has 2 heterocycles. The molecule has 1 aromatic rings. The highest BCUT2D eigenvalue weighted by Crippen LogP contribution is 2.26. The molecule has 0 aromatic carbocycles. The molecule has 0 spiro atoms. The second kappa shape index (κ2) is 4.59. The fourth-order valence-electron chi connectivity index (χ4n) is 1.62. The monoisotopic (exact) mass is 268 g/mol. The first-order chi connectivity index (χ1) is 8.00. The van der Waals surface area contributed by atoms with Crippen molar-refractivity contribution in [1.82, 2.24) is 4.98 Å². The van der Waals surface area contributed by atoms with Crippen molar-refractivity contribution in [3.8, 4) is 0 Å². The lowest BCUT2D eigenvalue weighted by molar-refractivity contribution is 0.406. The van der Waals surface area contributed by atoms with Crippen LogP contribution in [0.1, 0.15) is 0 Å². The molecule has 1 aromatic heterocycles. The summed E-state index contributed by atoms with van der Waals surface area (Å²) >= 11 is 0. The minimum atomic E-state index is -1.68. The van der Waals surface area contributed by atoms with E-state index in [4.69, 9.17) is 0 Å². The number of halogens is 4. The molecule has 1 aliphatic rings. The van der Waals surface area contributed by atoms with Crippen LogP contribution in [0.5, 0.6) is 0 Å². The summed E-state index contributed by atoms with van der Waals surface area (Å²) < 4.78 is 63.5. The number of nitrogens with zero attached hydrogens (tertiary/aromatic N) is 2. The molecular formula is C9H8F4N2OS. The van der Waals surface area contributed by atoms with Crippen LogP contribution in [0.25, 0.3) is 0 Å². The molecule has 2 rings (SSSR count). The normalized spacial score (nSPS) is 17.5. The molecule has 3 nitrogen and oxygen atoms in total. The predicted octanol–water partition coefficient (Wildman–Crippen LogP) is 1.21. The fraction of sp³-hybridized carbons (Fsp3) is 0.444. The second-order valence-corrected chi connectivity index (χ2v) is 5.20. The van der Waals surface area contributed by atoms with Crippen LogP contribution in [0, 0.1) is 23.5 Å². The number of hydrogen-bond donors (Lipinski definition) is 0. The van der Waals surface area contributed by atoms with E-state index in [-0.39, 0.29) is 24.6 Å². The van der Waals surface area contributed by atoms with Gasteiger partial charge in [0.25, 0.3) is 11.9 Å². The largest absolute Gasteiger partial charge is 0.365 e. The van der Waals surface area contributed by atoms with Crippen molar-refractivity contribution < 1.29 is 21.8 Å². The van der Waals surface area contributed by atoms with Crippen LogP contribution in [0.15, 0.2) is 0 Å². The van der Waals surface area contributed by atoms with Crippen LogP contribution in [0.4, 0.5) is 23.2 Å². The Morgan fingerprint density at radius 3 is 1.94 bits per heavy atom. The molecule has 0 aliphatic carbocycles. The molecule has 1 fully saturated rings. The first kappa shape index (κ1) is 12.3. The Labute approximate surface area is 96.9 Å². The third kappa shape index (κ3) is 2.26. The van der Waals surface area contributed by atoms with E-state index in [2.05, 4.69) is 4.98 Å². The summed E-state index contributed by atoms with van der Waals surface area (Å²) in [4.78, 5) is 3.61. The van der Waals surface area contributed by atoms with E-state index in [1.807, 2.05) is 0 Å². The Morgan fingerprint density at radius 2 is 1.47 bits per heavy atom. The lowest BCUT2D eigenvalue weighted by Gasteiger charge is -2.28. The zero-order chi connectivity index (χ0) is 12.6. The van der Waals surface area contributed by atoms with E-state index in [9.17, 15) is 21.8 Å². The molecule has 0 atom stereocenters. The van der Waals surface area contributed by atoms with Crippen LogP contribution in [0.2, 0.25) is 0 Å². The first-order valence-corrected chi connectivity index (χ1v) is 6.29. The Kier molecular flexibility index (Phi) is 3.32. The van der Waals surface area contributed by atoms with E-state index in [0.29, 0.717) is 0 Å². The Hall–Kier alpha value is -1.18. The average Bonchev–Trinajstić information content (AvgIpc) is 2.29. The number of anilines is 1. The van der Waals surface area contributed by atoms with E-state index in [1.54, 1.807) is 0 Å². The molecule has 1 saturated heterocycles. The second-order valence-electron chi connectivity index (χ2n) is 3.51. The first-order valence-electron chi connectivity index (χ1n) is 4.80. The number of hydrogen-bond acceptors (Lipinski definition) is 3. The van der Waals surface area contributed by atoms with Gasteiger partial charge in [0.15, 0.2) is 0 Å². The number of rotatable bonds is 1. The topological polar surface area (TPSA) is 33.2 Å². The quantitative estimate of drug-likeness (QED) is 0.567. The maximum absolute atomic E-state index is 13.4. The van der Waals surface area contributed by atoms with Gasteiger partial charge in [-0.25, -0.2) is 0 Å². The molecular weight excluding hydrogens is 260 g/mol. The van der Waals surface area contributed by atoms with Crippen molar-refractivity contribution in [3.63, 3.8) is 0 Å². The van der Waals surface area contributed by atoms with Gasteiger partial charge in [0.05, 0.1) is 0 Å². The smallest absolute Gasteiger partial charge is 0.253 e. The van der Waals surface area contributed by atoms with Crippen LogP contribution in [0.3, 0.4) is 0 Å². The molecule has 1 aliphatic heterocycles. The Balaban J connectivity index is 2.41. The van der Waals surface area contributed by atoms with Gasteiger partial charge in [-0.3, -0.25) is 4.21 Å². The van der Waals surface area contributed by atoms with Crippen molar-refractivity contribution in [3.05, 3.63) is 23.5 Å². The molecule has 0 saturated carbocycles. The minimum Gasteiger partial charge on any atom is -0.365 e. The lowest BCUT2D eigenvalue weighted by atomic mass is 10.3. The third-order valence-electron chi connectivity index (χ3n) is 2.47. The molecule has 0 bridgehead atoms. The van der Waals surface area contributed by atoms with Crippen LogP contribution < -0.4 is 4.90 Å². The summed E-state index contributed by atoms with van der Waals surface area (Å²) in [5.74, 6) is -5.96. The van der Waals surface area contributed by atoms with Crippen molar-refractivity contribution in [2.45, 2.75) is 0 Å². The maximum Gasteiger partial charge on any atom is 0.253 e. The summed E-state index contributed by atoms with van der Waals surface area (Å²) in [7, 11) is -1.05. The predicted molar refractivity (Wildman–Crippen MR) is 54.2 cm³/mol. The minimum absolute atomic E-state index is 0.0867. The summed E-state index contributed by atoms with van der Waals surface area (Å²) in [6.45, 7) is 0.173. The molecule has 8 heteroatoms. The van der Waals surface area contributed by atoms with Gasteiger partial charge in [-0.05, 0) is 0 Å². The maximum atomic E-state index is 13.4. The van der Waals surface area contributed by atoms with Gasteiger partial charge >= 0.3 is 0 Å². The van der Waals surface area contributed by atoms with E-state index in [1.165, 1.54) is 0 Å². The summed E-state index contributed by atoms with van der Waals surface area (Å²) in [5.41, 5.74) is -0.772. The van der Waals surface area contributed by atoms with Crippen LogP contribution in [-0.2, 0) is 10.8 Å². The standard InChI is InChI=1S/C9H8F4N2OS/c10-5-7(6(11)9(13)14-8(5)12)15-1-3-17(16)4-2-15/h1-4H2. The highest BCUT2D eigenvalue weighted by molar-refractivity contribution is 7.85. The fourth-order valence-corrected chi connectivity index (χ4v) is 2.67. The van der Waals surface area contributed by atoms with Gasteiger partial charge in [-0.2, -0.15) is 22.5 Å². The molecule has 0 radical (unpaired) electrons. The lowest BCUT2D eigenvalue weighted by Crippen LogP contribution is -2.39. The Bertz CT molecular complexity index is 446. The highest BCUT2D eigenvalue weighted by atomic mass is 32.2. The number of aromatic nitrogens is 1. The van der Waals surface area contributed by atoms with E-state index >= 15 is 0 Å². The third-order valence-corrected chi connectivity index (χ3v) is 3.74. The van der Waals surface area contributed by atoms with Gasteiger partial charge < -0.3 is 4.90 Å². The number of pyridine rings is 1. The molecule has 0 N–H and O–H groups in total. The van der Waals surface area contributed by atoms with Gasteiger partial charge in [0.1, 0.15) is 5.69 Å². The van der Waals surface area contributed by atoms with Crippen molar-refractivity contribution in [2.24, 2.45) is 0 Å². The average molecular weight is 268 g/mol. The molecule has 94 valence electrons. The molecule has 0 amide bonds. The summed E-state index contributed by atoms with van der Waals surface area (Å²) in [5, 5.41) is 0. The SMILES string of the molecule is O=S1CCN(c2c(F)c(F)nc(F)c2F)CC1. The highest BCUT2D eigenvalue weighted by Gasteiger charge is 2.27. The summed E-state index contributed by atoms with van der Waals surface area (Å²) in [6.07, 6.45) is 0. The Morgan fingerprint density at radius 1 is 1.00 bits per heavy atom. The van der Waals surface area contributed by atoms with E-state index in [0.717, 1.165) is 4.90 Å². The van der Waals surface area contributed by atoms with Crippen molar-refractivity contribution in [2.75, 3.05) is 29.5 Å². The summed E-state index contributed by atoms with van der Waals surface area (Å²) in [6, 6.07) is 0. The zero-order valence-electron chi connectivity index (χ0n) is 8.55. The van der Waals surface area contributed by atoms with Gasteiger partial charge in [0, 0.05) is 35.4 Å². The van der Waals surface area contributed by atoms with Crippen molar-refractivity contribution >= 4 is 16.5 Å². The van der Waals surface area contributed by atoms with Crippen LogP contribution >= 0.6 is 0 Å².